The Labute approximate surface area is 92.9 Å². The van der Waals surface area contributed by atoms with Crippen LogP contribution in [0.15, 0.2) is 12.4 Å². The van der Waals surface area contributed by atoms with Crippen molar-refractivity contribution in [2.75, 3.05) is 6.54 Å². The molecule has 0 radical (unpaired) electrons. The highest BCUT2D eigenvalue weighted by atomic mass is 15.1. The minimum atomic E-state index is 0.777. The van der Waals surface area contributed by atoms with Gasteiger partial charge in [-0.3, -0.25) is 0 Å². The van der Waals surface area contributed by atoms with Crippen LogP contribution in [0.5, 0.6) is 0 Å². The van der Waals surface area contributed by atoms with E-state index in [0.717, 1.165) is 31.4 Å². The molecule has 1 aromatic rings. The molecule has 3 nitrogen and oxygen atoms in total. The van der Waals surface area contributed by atoms with Gasteiger partial charge in [0.25, 0.3) is 0 Å². The first-order chi connectivity index (χ1) is 7.31. The molecule has 15 heavy (non-hydrogen) atoms. The van der Waals surface area contributed by atoms with E-state index in [4.69, 9.17) is 0 Å². The maximum Gasteiger partial charge on any atom is 0.122 e. The van der Waals surface area contributed by atoms with Gasteiger partial charge in [-0.2, -0.15) is 0 Å². The molecule has 0 bridgehead atoms. The standard InChI is InChI=1S/C12H23N3/c1-4-11(5-2)10-15-8-7-14-12(15)9-13-6-3/h7-8,11,13H,4-6,9-10H2,1-3H3. The zero-order valence-electron chi connectivity index (χ0n) is 10.2. The van der Waals surface area contributed by atoms with Gasteiger partial charge in [0.05, 0.1) is 6.54 Å². The Kier molecular flexibility index (Phi) is 5.40. The van der Waals surface area contributed by atoms with Gasteiger partial charge in [-0.15, -0.1) is 0 Å². The van der Waals surface area contributed by atoms with Crippen LogP contribution in [0.25, 0.3) is 0 Å². The third kappa shape index (κ3) is 3.67. The van der Waals surface area contributed by atoms with Crippen molar-refractivity contribution < 1.29 is 0 Å². The summed E-state index contributed by atoms with van der Waals surface area (Å²) >= 11 is 0. The topological polar surface area (TPSA) is 29.9 Å². The highest BCUT2D eigenvalue weighted by Gasteiger charge is 2.07. The van der Waals surface area contributed by atoms with Crippen molar-refractivity contribution in [1.82, 2.24) is 14.9 Å². The molecular formula is C12H23N3. The minimum absolute atomic E-state index is 0.777. The Morgan fingerprint density at radius 3 is 2.67 bits per heavy atom. The van der Waals surface area contributed by atoms with Crippen molar-refractivity contribution in [3.05, 3.63) is 18.2 Å². The van der Waals surface area contributed by atoms with Crippen LogP contribution in [0.2, 0.25) is 0 Å². The third-order valence-corrected chi connectivity index (χ3v) is 2.94. The molecule has 0 aromatic carbocycles. The number of nitrogens with one attached hydrogen (secondary N) is 1. The first-order valence-corrected chi connectivity index (χ1v) is 6.02. The van der Waals surface area contributed by atoms with Crippen LogP contribution in [-0.2, 0) is 13.1 Å². The van der Waals surface area contributed by atoms with Crippen molar-refractivity contribution >= 4 is 0 Å². The molecule has 1 aromatic heterocycles. The molecule has 0 spiro atoms. The molecule has 0 saturated heterocycles. The Morgan fingerprint density at radius 2 is 2.07 bits per heavy atom. The van der Waals surface area contributed by atoms with Crippen LogP contribution in [0, 0.1) is 5.92 Å². The fourth-order valence-electron chi connectivity index (χ4n) is 1.74. The van der Waals surface area contributed by atoms with Gasteiger partial charge in [-0.1, -0.05) is 33.6 Å². The van der Waals surface area contributed by atoms with Crippen LogP contribution in [0.3, 0.4) is 0 Å². The number of hydrogen-bond acceptors (Lipinski definition) is 2. The van der Waals surface area contributed by atoms with Crippen molar-refractivity contribution in [3.63, 3.8) is 0 Å². The van der Waals surface area contributed by atoms with E-state index < -0.39 is 0 Å². The van der Waals surface area contributed by atoms with E-state index in [2.05, 4.69) is 41.8 Å². The second-order valence-corrected chi connectivity index (χ2v) is 3.96. The monoisotopic (exact) mass is 209 g/mol. The van der Waals surface area contributed by atoms with E-state index in [-0.39, 0.29) is 0 Å². The molecule has 0 aliphatic carbocycles. The smallest absolute Gasteiger partial charge is 0.122 e. The lowest BCUT2D eigenvalue weighted by molar-refractivity contribution is 0.408. The second-order valence-electron chi connectivity index (χ2n) is 3.96. The zero-order valence-corrected chi connectivity index (χ0v) is 10.2. The van der Waals surface area contributed by atoms with Gasteiger partial charge in [-0.25, -0.2) is 4.98 Å². The van der Waals surface area contributed by atoms with Crippen LogP contribution in [0.4, 0.5) is 0 Å². The molecule has 0 amide bonds. The molecule has 1 heterocycles. The highest BCUT2D eigenvalue weighted by molar-refractivity contribution is 4.92. The fraction of sp³-hybridized carbons (Fsp3) is 0.750. The van der Waals surface area contributed by atoms with Crippen LogP contribution < -0.4 is 5.32 Å². The Hall–Kier alpha value is -0.830. The van der Waals surface area contributed by atoms with Gasteiger partial charge < -0.3 is 9.88 Å². The van der Waals surface area contributed by atoms with Crippen molar-refractivity contribution in [3.8, 4) is 0 Å². The number of hydrogen-bond donors (Lipinski definition) is 1. The normalized spacial score (nSPS) is 11.2. The third-order valence-electron chi connectivity index (χ3n) is 2.94. The first kappa shape index (κ1) is 12.2. The molecule has 0 atom stereocenters. The summed E-state index contributed by atoms with van der Waals surface area (Å²) in [6.45, 7) is 9.62. The summed E-state index contributed by atoms with van der Waals surface area (Å²) in [7, 11) is 0. The molecule has 0 aliphatic heterocycles. The summed E-state index contributed by atoms with van der Waals surface area (Å²) in [4.78, 5) is 4.38. The van der Waals surface area contributed by atoms with Gasteiger partial charge in [-0.05, 0) is 12.5 Å². The van der Waals surface area contributed by atoms with Crippen LogP contribution in [-0.4, -0.2) is 16.1 Å². The summed E-state index contributed by atoms with van der Waals surface area (Å²) < 4.78 is 2.28. The predicted octanol–water partition coefficient (Wildman–Crippen LogP) is 2.43. The summed E-state index contributed by atoms with van der Waals surface area (Å²) in [6.07, 6.45) is 6.48. The molecule has 86 valence electrons. The average Bonchev–Trinajstić information content (AvgIpc) is 2.70. The molecule has 0 aliphatic rings. The molecule has 0 unspecified atom stereocenters. The van der Waals surface area contributed by atoms with Gasteiger partial charge in [0.2, 0.25) is 0 Å². The number of rotatable bonds is 7. The Bertz CT molecular complexity index is 264. The van der Waals surface area contributed by atoms with E-state index in [0.29, 0.717) is 0 Å². The van der Waals surface area contributed by atoms with Crippen LogP contribution >= 0.6 is 0 Å². The lowest BCUT2D eigenvalue weighted by Crippen LogP contribution is -2.18. The minimum Gasteiger partial charge on any atom is -0.334 e. The van der Waals surface area contributed by atoms with E-state index in [1.165, 1.54) is 12.8 Å². The van der Waals surface area contributed by atoms with Gasteiger partial charge >= 0.3 is 0 Å². The summed E-state index contributed by atoms with van der Waals surface area (Å²) in [6, 6.07) is 0. The maximum atomic E-state index is 4.38. The quantitative estimate of drug-likeness (QED) is 0.747. The van der Waals surface area contributed by atoms with Gasteiger partial charge in [0.1, 0.15) is 5.82 Å². The molecule has 3 heteroatoms. The second kappa shape index (κ2) is 6.62. The fourth-order valence-corrected chi connectivity index (χ4v) is 1.74. The summed E-state index contributed by atoms with van der Waals surface area (Å²) in [5.41, 5.74) is 0. The van der Waals surface area contributed by atoms with Gasteiger partial charge in [0, 0.05) is 18.9 Å². The molecular weight excluding hydrogens is 186 g/mol. The number of aromatic nitrogens is 2. The van der Waals surface area contributed by atoms with Gasteiger partial charge in [0.15, 0.2) is 0 Å². The average molecular weight is 209 g/mol. The van der Waals surface area contributed by atoms with Crippen molar-refractivity contribution in [1.29, 1.82) is 0 Å². The maximum absolute atomic E-state index is 4.38. The number of nitrogens with zero attached hydrogens (tertiary/aromatic N) is 2. The first-order valence-electron chi connectivity index (χ1n) is 6.02. The molecule has 0 saturated carbocycles. The van der Waals surface area contributed by atoms with Crippen molar-refractivity contribution in [2.45, 2.75) is 46.7 Å². The highest BCUT2D eigenvalue weighted by Crippen LogP contribution is 2.12. The lowest BCUT2D eigenvalue weighted by Gasteiger charge is -2.15. The summed E-state index contributed by atoms with van der Waals surface area (Å²) in [5.74, 6) is 1.93. The van der Waals surface area contributed by atoms with E-state index in [1.54, 1.807) is 0 Å². The SMILES string of the molecule is CCNCc1nccn1CC(CC)CC. The molecule has 1 rings (SSSR count). The lowest BCUT2D eigenvalue weighted by atomic mass is 10.0. The zero-order chi connectivity index (χ0) is 11.1. The van der Waals surface area contributed by atoms with E-state index in [1.807, 2.05) is 6.20 Å². The number of imidazole rings is 1. The summed E-state index contributed by atoms with van der Waals surface area (Å²) in [5, 5.41) is 3.32. The Balaban J connectivity index is 2.55. The molecule has 1 N–H and O–H groups in total. The predicted molar refractivity (Wildman–Crippen MR) is 63.7 cm³/mol. The van der Waals surface area contributed by atoms with E-state index >= 15 is 0 Å². The van der Waals surface area contributed by atoms with Crippen LogP contribution in [0.1, 0.15) is 39.4 Å². The largest absolute Gasteiger partial charge is 0.334 e. The Morgan fingerprint density at radius 1 is 1.33 bits per heavy atom. The van der Waals surface area contributed by atoms with Crippen molar-refractivity contribution in [2.24, 2.45) is 5.92 Å². The molecule has 0 fully saturated rings. The van der Waals surface area contributed by atoms with E-state index in [9.17, 15) is 0 Å².